The molecule has 0 aliphatic heterocycles. The summed E-state index contributed by atoms with van der Waals surface area (Å²) in [6.45, 7) is 1.86. The summed E-state index contributed by atoms with van der Waals surface area (Å²) in [5.74, 6) is 1.26. The fourth-order valence-corrected chi connectivity index (χ4v) is 3.52. The molecule has 0 saturated heterocycles. The van der Waals surface area contributed by atoms with Crippen molar-refractivity contribution in [3.05, 3.63) is 64.8 Å². The Bertz CT molecular complexity index is 1120. The maximum absolute atomic E-state index is 12.2. The highest BCUT2D eigenvalue weighted by molar-refractivity contribution is 7.98. The molecule has 0 saturated carbocycles. The number of anilines is 1. The summed E-state index contributed by atoms with van der Waals surface area (Å²) in [7, 11) is 0. The van der Waals surface area contributed by atoms with E-state index in [4.69, 9.17) is 20.5 Å². The average Bonchev–Trinajstić information content (AvgIpc) is 3.34. The van der Waals surface area contributed by atoms with Crippen LogP contribution in [0.5, 0.6) is 0 Å². The molecule has 0 atom stereocenters. The van der Waals surface area contributed by atoms with Crippen molar-refractivity contribution >= 4 is 46.1 Å². The molecule has 2 heterocycles. The number of rotatable bonds is 7. The number of fused-ring (bicyclic) bond motifs is 1. The quantitative estimate of drug-likeness (QED) is 0.412. The molecular weight excluding hydrogens is 412 g/mol. The number of halogens is 1. The second-order valence-corrected chi connectivity index (χ2v) is 7.63. The van der Waals surface area contributed by atoms with E-state index in [0.717, 1.165) is 16.7 Å². The number of aromatic nitrogens is 3. The van der Waals surface area contributed by atoms with Crippen LogP contribution in [0.15, 0.2) is 56.6 Å². The van der Waals surface area contributed by atoms with Gasteiger partial charge in [0.25, 0.3) is 5.22 Å². The fraction of sp³-hybridized carbons (Fsp3) is 0.200. The maximum Gasteiger partial charge on any atom is 0.257 e. The van der Waals surface area contributed by atoms with E-state index < -0.39 is 0 Å². The van der Waals surface area contributed by atoms with Gasteiger partial charge in [0.15, 0.2) is 11.4 Å². The molecule has 9 heteroatoms. The normalized spacial score (nSPS) is 11.1. The molecule has 0 unspecified atom stereocenters. The van der Waals surface area contributed by atoms with Gasteiger partial charge in [-0.1, -0.05) is 46.7 Å². The van der Waals surface area contributed by atoms with Crippen LogP contribution in [0, 0.1) is 6.92 Å². The van der Waals surface area contributed by atoms with Gasteiger partial charge < -0.3 is 14.3 Å². The number of hydrogen-bond donors (Lipinski definition) is 1. The standard InChI is InChI=1S/C20H17ClN4O3S/c1-12-13(21)5-4-7-14(12)22-18(26)9-10-19-24-17(25-28-19)11-29-20-23-15-6-2-3-8-16(15)27-20/h2-8H,9-11H2,1H3,(H,22,26). The fourth-order valence-electron chi connectivity index (χ4n) is 2.67. The number of oxazole rings is 1. The Morgan fingerprint density at radius 2 is 2.03 bits per heavy atom. The molecule has 0 spiro atoms. The number of aryl methyl sites for hydroxylation is 1. The zero-order valence-corrected chi connectivity index (χ0v) is 17.1. The predicted octanol–water partition coefficient (Wildman–Crippen LogP) is 5.04. The number of carbonyl (C=O) groups is 1. The monoisotopic (exact) mass is 428 g/mol. The first-order valence-corrected chi connectivity index (χ1v) is 10.3. The number of para-hydroxylation sites is 2. The summed E-state index contributed by atoms with van der Waals surface area (Å²) >= 11 is 7.46. The van der Waals surface area contributed by atoms with E-state index in [1.807, 2.05) is 37.3 Å². The topological polar surface area (TPSA) is 94.1 Å². The molecule has 1 N–H and O–H groups in total. The number of nitrogens with zero attached hydrogens (tertiary/aromatic N) is 3. The smallest absolute Gasteiger partial charge is 0.257 e. The number of nitrogens with one attached hydrogen (secondary N) is 1. The average molecular weight is 429 g/mol. The summed E-state index contributed by atoms with van der Waals surface area (Å²) < 4.78 is 10.9. The van der Waals surface area contributed by atoms with Gasteiger partial charge in [-0.25, -0.2) is 4.98 Å². The summed E-state index contributed by atoms with van der Waals surface area (Å²) in [5, 5.41) is 7.96. The van der Waals surface area contributed by atoms with Crippen molar-refractivity contribution in [1.29, 1.82) is 0 Å². The van der Waals surface area contributed by atoms with Crippen LogP contribution in [0.3, 0.4) is 0 Å². The van der Waals surface area contributed by atoms with E-state index in [-0.39, 0.29) is 12.3 Å². The van der Waals surface area contributed by atoms with Crippen molar-refractivity contribution < 1.29 is 13.7 Å². The number of benzene rings is 2. The largest absolute Gasteiger partial charge is 0.431 e. The first-order valence-electron chi connectivity index (χ1n) is 8.93. The first-order chi connectivity index (χ1) is 14.1. The Hall–Kier alpha value is -2.84. The van der Waals surface area contributed by atoms with Gasteiger partial charge in [-0.2, -0.15) is 4.98 Å². The van der Waals surface area contributed by atoms with E-state index in [1.54, 1.807) is 12.1 Å². The summed E-state index contributed by atoms with van der Waals surface area (Å²) in [4.78, 5) is 20.9. The van der Waals surface area contributed by atoms with Crippen LogP contribution in [0.25, 0.3) is 11.1 Å². The molecule has 1 amide bonds. The third kappa shape index (κ3) is 4.78. The first kappa shape index (κ1) is 19.5. The molecule has 7 nitrogen and oxygen atoms in total. The Labute approximate surface area is 175 Å². The molecular formula is C20H17ClN4O3S. The summed E-state index contributed by atoms with van der Waals surface area (Å²) in [6.07, 6.45) is 0.581. The molecule has 0 bridgehead atoms. The zero-order chi connectivity index (χ0) is 20.2. The summed E-state index contributed by atoms with van der Waals surface area (Å²) in [6, 6.07) is 13.0. The molecule has 0 aliphatic rings. The molecule has 0 fully saturated rings. The van der Waals surface area contributed by atoms with E-state index in [0.29, 0.717) is 39.8 Å². The number of carbonyl (C=O) groups excluding carboxylic acids is 1. The highest BCUT2D eigenvalue weighted by Gasteiger charge is 2.13. The third-order valence-corrected chi connectivity index (χ3v) is 5.45. The van der Waals surface area contributed by atoms with E-state index in [9.17, 15) is 4.79 Å². The number of hydrogen-bond acceptors (Lipinski definition) is 7. The van der Waals surface area contributed by atoms with Crippen molar-refractivity contribution in [1.82, 2.24) is 15.1 Å². The van der Waals surface area contributed by atoms with Crippen molar-refractivity contribution in [2.45, 2.75) is 30.7 Å². The minimum atomic E-state index is -0.143. The van der Waals surface area contributed by atoms with Crippen LogP contribution < -0.4 is 5.32 Å². The second-order valence-electron chi connectivity index (χ2n) is 6.30. The van der Waals surface area contributed by atoms with Crippen LogP contribution in [-0.4, -0.2) is 21.0 Å². The lowest BCUT2D eigenvalue weighted by Gasteiger charge is -2.08. The van der Waals surface area contributed by atoms with Gasteiger partial charge in [0, 0.05) is 23.6 Å². The van der Waals surface area contributed by atoms with E-state index in [2.05, 4.69) is 20.4 Å². The zero-order valence-electron chi connectivity index (χ0n) is 15.5. The van der Waals surface area contributed by atoms with Crippen molar-refractivity contribution in [3.63, 3.8) is 0 Å². The van der Waals surface area contributed by atoms with Gasteiger partial charge >= 0.3 is 0 Å². The van der Waals surface area contributed by atoms with Crippen molar-refractivity contribution in [2.75, 3.05) is 5.32 Å². The van der Waals surface area contributed by atoms with Crippen LogP contribution in [0.1, 0.15) is 23.7 Å². The second kappa shape index (κ2) is 8.67. The third-order valence-electron chi connectivity index (χ3n) is 4.22. The predicted molar refractivity (Wildman–Crippen MR) is 111 cm³/mol. The minimum absolute atomic E-state index is 0.143. The highest BCUT2D eigenvalue weighted by Crippen LogP contribution is 2.25. The number of thioether (sulfide) groups is 1. The Morgan fingerprint density at radius 1 is 1.17 bits per heavy atom. The Kier molecular flexibility index (Phi) is 5.82. The molecule has 4 rings (SSSR count). The highest BCUT2D eigenvalue weighted by atomic mass is 35.5. The lowest BCUT2D eigenvalue weighted by Crippen LogP contribution is -2.13. The van der Waals surface area contributed by atoms with E-state index >= 15 is 0 Å². The molecule has 0 aliphatic carbocycles. The van der Waals surface area contributed by atoms with Crippen LogP contribution in [-0.2, 0) is 17.0 Å². The van der Waals surface area contributed by atoms with Gasteiger partial charge in [0.05, 0.1) is 5.75 Å². The molecule has 2 aromatic carbocycles. The van der Waals surface area contributed by atoms with Crippen LogP contribution in [0.4, 0.5) is 5.69 Å². The van der Waals surface area contributed by atoms with Crippen molar-refractivity contribution in [3.8, 4) is 0 Å². The molecule has 0 radical (unpaired) electrons. The van der Waals surface area contributed by atoms with Gasteiger partial charge in [-0.05, 0) is 36.8 Å². The van der Waals surface area contributed by atoms with E-state index in [1.165, 1.54) is 11.8 Å². The molecule has 2 aromatic heterocycles. The van der Waals surface area contributed by atoms with Gasteiger partial charge in [0.1, 0.15) is 5.52 Å². The van der Waals surface area contributed by atoms with Gasteiger partial charge in [-0.15, -0.1) is 0 Å². The lowest BCUT2D eigenvalue weighted by molar-refractivity contribution is -0.116. The van der Waals surface area contributed by atoms with Gasteiger partial charge in [-0.3, -0.25) is 4.79 Å². The maximum atomic E-state index is 12.2. The number of amides is 1. The molecule has 29 heavy (non-hydrogen) atoms. The molecule has 4 aromatic rings. The lowest BCUT2D eigenvalue weighted by atomic mass is 10.2. The van der Waals surface area contributed by atoms with Crippen molar-refractivity contribution in [2.24, 2.45) is 0 Å². The van der Waals surface area contributed by atoms with Crippen LogP contribution in [0.2, 0.25) is 5.02 Å². The minimum Gasteiger partial charge on any atom is -0.431 e. The summed E-state index contributed by atoms with van der Waals surface area (Å²) in [5.41, 5.74) is 3.08. The van der Waals surface area contributed by atoms with Gasteiger partial charge in [0.2, 0.25) is 11.8 Å². The molecule has 148 valence electrons. The Balaban J connectivity index is 1.28. The van der Waals surface area contributed by atoms with Crippen LogP contribution >= 0.6 is 23.4 Å². The SMILES string of the molecule is Cc1c(Cl)cccc1NC(=O)CCc1nc(CSc2nc3ccccc3o2)no1. The Morgan fingerprint density at radius 3 is 2.90 bits per heavy atom.